The summed E-state index contributed by atoms with van der Waals surface area (Å²) >= 11 is 0. The number of furan rings is 2. The minimum atomic E-state index is -6.85. The second-order valence-electron chi connectivity index (χ2n) is 18.0. The molecule has 0 amide bonds. The van der Waals surface area contributed by atoms with Crippen molar-refractivity contribution in [3.8, 4) is 5.75 Å². The standard InChI is InChI=1S/C29H18O.C28H16O2.C2F6O5S2.C2H6.CH4/c1-17-14-25-20-10-4-3-9-19(20)23-15-24-21-11-6-7-13-27(21)30-28(24)16-26(23)29(25)22-12-5-2-8-18(17)22;29-25-14-23-17-8-2-1-7-16(17)21-13-22-19-10-5-6-12-26(19)30-27(22)15-24(21)28(23)20-11-4-3-9-18(20)25;3-1(4,5)14(9,10)13-15(11,12)2(6,7)8;1-2;/h2-16H,1H3;1-15,29H;;1-2H3;1H4/i;;;1D;. The Balaban J connectivity index is 0.000000137. The largest absolute Gasteiger partial charge is 0.524 e. The number of phenolic OH excluding ortho intramolecular Hbond substituents is 1. The van der Waals surface area contributed by atoms with Crippen LogP contribution in [-0.2, 0) is 23.9 Å². The van der Waals surface area contributed by atoms with Crippen LogP contribution in [0.3, 0.4) is 0 Å². The highest BCUT2D eigenvalue weighted by Gasteiger charge is 2.57. The van der Waals surface area contributed by atoms with Crippen LogP contribution in [0.25, 0.3) is 130 Å². The Bertz CT molecular complexity index is 4680. The number of hydrogen-bond acceptors (Lipinski definition) is 8. The molecule has 78 heavy (non-hydrogen) atoms. The van der Waals surface area contributed by atoms with Crippen LogP contribution in [0.5, 0.6) is 5.75 Å². The molecular weight excluding hydrogens is 1050 g/mol. The summed E-state index contributed by atoms with van der Waals surface area (Å²) in [6.07, 6.45) is 0. The second-order valence-corrected chi connectivity index (χ2v) is 21.3. The molecule has 0 saturated heterocycles. The van der Waals surface area contributed by atoms with Crippen LogP contribution in [0.15, 0.2) is 191 Å². The number of fused-ring (bicyclic) bond motifs is 22. The van der Waals surface area contributed by atoms with Gasteiger partial charge >= 0.3 is 31.3 Å². The molecule has 394 valence electrons. The summed E-state index contributed by atoms with van der Waals surface area (Å²) in [5.74, 6) is 0.312. The molecule has 8 nitrogen and oxygen atoms in total. The van der Waals surface area contributed by atoms with E-state index in [1.807, 2.05) is 46.1 Å². The Kier molecular flexibility index (Phi) is 12.9. The fourth-order valence-corrected chi connectivity index (χ4v) is 12.0. The summed E-state index contributed by atoms with van der Waals surface area (Å²) in [6, 6.07) is 63.8. The number of hydrogen-bond donors (Lipinski definition) is 1. The molecule has 0 unspecified atom stereocenters. The first kappa shape index (κ1) is 51.7. The van der Waals surface area contributed by atoms with E-state index in [1.54, 1.807) is 6.92 Å². The Morgan fingerprint density at radius 1 is 0.397 bits per heavy atom. The summed E-state index contributed by atoms with van der Waals surface area (Å²) < 4.78 is 129. The molecule has 2 aromatic heterocycles. The van der Waals surface area contributed by atoms with Gasteiger partial charge in [-0.2, -0.15) is 43.2 Å². The topological polar surface area (TPSA) is 124 Å². The van der Waals surface area contributed by atoms with Gasteiger partial charge in [-0.3, -0.25) is 0 Å². The molecule has 0 atom stereocenters. The predicted octanol–water partition coefficient (Wildman–Crippen LogP) is 18.8. The normalized spacial score (nSPS) is 12.5. The van der Waals surface area contributed by atoms with Gasteiger partial charge in [-0.1, -0.05) is 161 Å². The van der Waals surface area contributed by atoms with E-state index in [2.05, 4.69) is 146 Å². The van der Waals surface area contributed by atoms with E-state index in [0.717, 1.165) is 65.4 Å². The number of benzene rings is 12. The van der Waals surface area contributed by atoms with Crippen LogP contribution in [-0.4, -0.2) is 33.0 Å². The summed E-state index contributed by atoms with van der Waals surface area (Å²) in [7, 11) is -13.7. The lowest BCUT2D eigenvalue weighted by Crippen LogP contribution is -2.34. The molecule has 1 N–H and O–H groups in total. The lowest BCUT2D eigenvalue weighted by molar-refractivity contribution is -0.0585. The van der Waals surface area contributed by atoms with Crippen LogP contribution < -0.4 is 0 Å². The van der Waals surface area contributed by atoms with Crippen molar-refractivity contribution in [2.24, 2.45) is 0 Å². The highest BCUT2D eigenvalue weighted by Crippen LogP contribution is 2.46. The van der Waals surface area contributed by atoms with Crippen molar-refractivity contribution in [2.45, 2.75) is 39.2 Å². The van der Waals surface area contributed by atoms with Gasteiger partial charge in [0, 0.05) is 28.3 Å². The van der Waals surface area contributed by atoms with Gasteiger partial charge in [0.25, 0.3) is 0 Å². The van der Waals surface area contributed by atoms with Gasteiger partial charge in [0.2, 0.25) is 0 Å². The summed E-state index contributed by atoms with van der Waals surface area (Å²) in [5, 5.41) is 34.6. The van der Waals surface area contributed by atoms with Crippen molar-refractivity contribution in [1.82, 2.24) is 0 Å². The van der Waals surface area contributed by atoms with E-state index >= 15 is 0 Å². The van der Waals surface area contributed by atoms with Crippen molar-refractivity contribution in [2.75, 3.05) is 0 Å². The van der Waals surface area contributed by atoms with Gasteiger partial charge in [-0.05, 0) is 136 Å². The fraction of sp³-hybridized carbons (Fsp3) is 0.0968. The highest BCUT2D eigenvalue weighted by atomic mass is 32.3. The zero-order chi connectivity index (χ0) is 55.1. The first-order chi connectivity index (χ1) is 37.2. The van der Waals surface area contributed by atoms with E-state index in [-0.39, 0.29) is 7.43 Å². The Morgan fingerprint density at radius 3 is 1.12 bits per heavy atom. The van der Waals surface area contributed by atoms with Crippen molar-refractivity contribution in [1.29, 1.82) is 0 Å². The molecule has 0 aliphatic rings. The van der Waals surface area contributed by atoms with Gasteiger partial charge in [-0.15, -0.1) is 3.63 Å². The molecule has 2 heterocycles. The van der Waals surface area contributed by atoms with E-state index in [1.165, 1.54) is 70.2 Å². The lowest BCUT2D eigenvalue weighted by Gasteiger charge is -2.14. The van der Waals surface area contributed by atoms with Gasteiger partial charge in [0.1, 0.15) is 28.1 Å². The maximum Gasteiger partial charge on any atom is 0.524 e. The van der Waals surface area contributed by atoms with Gasteiger partial charge in [0.05, 0.1) is 0 Å². The molecule has 14 aromatic rings. The van der Waals surface area contributed by atoms with E-state index < -0.39 is 31.3 Å². The van der Waals surface area contributed by atoms with Gasteiger partial charge < -0.3 is 13.9 Å². The first-order valence-corrected chi connectivity index (χ1v) is 26.5. The lowest BCUT2D eigenvalue weighted by atomic mass is 9.89. The van der Waals surface area contributed by atoms with Crippen LogP contribution >= 0.6 is 0 Å². The monoisotopic (exact) mass is 1100 g/mol. The van der Waals surface area contributed by atoms with Crippen molar-refractivity contribution < 1.29 is 62.1 Å². The van der Waals surface area contributed by atoms with Crippen LogP contribution in [0.4, 0.5) is 26.3 Å². The molecule has 0 aliphatic carbocycles. The van der Waals surface area contributed by atoms with E-state index in [4.69, 9.17) is 10.2 Å². The maximum absolute atomic E-state index is 11.4. The van der Waals surface area contributed by atoms with E-state index in [0.29, 0.717) is 12.6 Å². The first-order valence-electron chi connectivity index (χ1n) is 24.4. The molecule has 0 bridgehead atoms. The average Bonchev–Trinajstić information content (AvgIpc) is 4.20. The molecule has 12 aromatic carbocycles. The maximum atomic E-state index is 11.4. The number of aryl methyl sites for hydroxylation is 1. The molecule has 0 fully saturated rings. The zero-order valence-corrected chi connectivity index (χ0v) is 42.0. The second kappa shape index (κ2) is 19.5. The quantitative estimate of drug-likeness (QED) is 0.103. The SMILES string of the molecule is C.Cc1cc2c3ccccc3c3cc4c(cc3c2c2ccccc12)oc1ccccc14.O=S(=O)(OS(=O)(=O)C(F)(F)F)C(F)(F)F.Oc1cc2c3ccccc3c3cc4c(cc3c2c2ccccc12)oc1ccccc14.[2H]CC. The third-order valence-electron chi connectivity index (χ3n) is 13.6. The average molecular weight is 1100 g/mol. The minimum absolute atomic E-state index is 0. The number of alkyl halides is 6. The third kappa shape index (κ3) is 8.69. The van der Waals surface area contributed by atoms with Crippen molar-refractivity contribution in [3.63, 3.8) is 0 Å². The van der Waals surface area contributed by atoms with Crippen molar-refractivity contribution >= 4 is 150 Å². The molecule has 0 aliphatic heterocycles. The van der Waals surface area contributed by atoms with Gasteiger partial charge in [0.15, 0.2) is 0 Å². The molecule has 0 radical (unpaired) electrons. The minimum Gasteiger partial charge on any atom is -0.507 e. The van der Waals surface area contributed by atoms with Gasteiger partial charge in [-0.25, -0.2) is 0 Å². The molecule has 0 spiro atoms. The smallest absolute Gasteiger partial charge is 0.507 e. The molecular formula is C62H44F6O8S2. The third-order valence-corrected chi connectivity index (χ3v) is 16.2. The molecule has 16 heteroatoms. The number of phenols is 1. The summed E-state index contributed by atoms with van der Waals surface area (Å²) in [5.41, 5.74) is -7.53. The number of aromatic hydroxyl groups is 1. The zero-order valence-electron chi connectivity index (χ0n) is 41.4. The highest BCUT2D eigenvalue weighted by molar-refractivity contribution is 8.00. The Morgan fingerprint density at radius 2 is 0.705 bits per heavy atom. The molecule has 0 saturated carbocycles. The number of rotatable bonds is 2. The van der Waals surface area contributed by atoms with Crippen molar-refractivity contribution in [3.05, 3.63) is 188 Å². The summed E-state index contributed by atoms with van der Waals surface area (Å²) in [4.78, 5) is 0. The Labute approximate surface area is 442 Å². The van der Waals surface area contributed by atoms with Crippen LogP contribution in [0.2, 0.25) is 0 Å². The number of para-hydroxylation sites is 2. The fourth-order valence-electron chi connectivity index (χ4n) is 10.4. The van der Waals surface area contributed by atoms with E-state index in [9.17, 15) is 48.3 Å². The summed E-state index contributed by atoms with van der Waals surface area (Å²) in [6.45, 7) is 4.50. The Hall–Kier alpha value is -8.44. The predicted molar refractivity (Wildman–Crippen MR) is 303 cm³/mol. The number of halogens is 6. The van der Waals surface area contributed by atoms with Crippen LogP contribution in [0.1, 0.15) is 28.2 Å². The molecule has 14 rings (SSSR count). The van der Waals surface area contributed by atoms with Crippen LogP contribution in [0, 0.1) is 6.92 Å².